The van der Waals surface area contributed by atoms with Crippen LogP contribution in [0.5, 0.6) is 17.2 Å². The maximum absolute atomic E-state index is 10.8. The average molecular weight is 353 g/mol. The second-order valence-electron chi connectivity index (χ2n) is 4.57. The standard InChI is InChI=1S/C12H11NO2.C3H2F6/c13-9-1-5-11(6-2-9)15-12-7-3-10(14)4-8-12;4-2(5,6)1-3(7,8)9/h1-8,14H,13H2;1H2. The monoisotopic (exact) mass is 353 g/mol. The Morgan fingerprint density at radius 1 is 0.750 bits per heavy atom. The third-order valence-corrected chi connectivity index (χ3v) is 2.35. The van der Waals surface area contributed by atoms with Gasteiger partial charge in [0.2, 0.25) is 0 Å². The Bertz CT molecular complexity index is 565. The zero-order valence-electron chi connectivity index (χ0n) is 12.0. The topological polar surface area (TPSA) is 55.5 Å². The molecule has 0 saturated carbocycles. The number of nitrogen functional groups attached to an aromatic ring is 1. The van der Waals surface area contributed by atoms with Crippen molar-refractivity contribution in [3.8, 4) is 17.2 Å². The first-order valence-corrected chi connectivity index (χ1v) is 6.40. The molecule has 0 unspecified atom stereocenters. The van der Waals surface area contributed by atoms with Gasteiger partial charge in [-0.1, -0.05) is 0 Å². The first kappa shape index (κ1) is 19.5. The lowest BCUT2D eigenvalue weighted by Crippen LogP contribution is -2.20. The molecular formula is C15H13F6NO2. The summed E-state index contributed by atoms with van der Waals surface area (Å²) in [6, 6.07) is 13.7. The number of halogens is 6. The molecule has 0 saturated heterocycles. The molecule has 0 aliphatic carbocycles. The molecule has 0 heterocycles. The van der Waals surface area contributed by atoms with Crippen LogP contribution in [-0.2, 0) is 0 Å². The molecule has 0 aromatic heterocycles. The van der Waals surface area contributed by atoms with Gasteiger partial charge in [-0.3, -0.25) is 0 Å². The van der Waals surface area contributed by atoms with Crippen LogP contribution in [-0.4, -0.2) is 17.5 Å². The van der Waals surface area contributed by atoms with Crippen LogP contribution in [0.1, 0.15) is 6.42 Å². The van der Waals surface area contributed by atoms with E-state index in [4.69, 9.17) is 15.6 Å². The molecule has 0 fully saturated rings. The van der Waals surface area contributed by atoms with Crippen LogP contribution in [0.2, 0.25) is 0 Å². The van der Waals surface area contributed by atoms with Crippen molar-refractivity contribution < 1.29 is 36.2 Å². The van der Waals surface area contributed by atoms with E-state index in [1.165, 1.54) is 0 Å². The summed E-state index contributed by atoms with van der Waals surface area (Å²) in [6.45, 7) is 0. The number of phenolic OH excluding ortho intramolecular Hbond substituents is 1. The Morgan fingerprint density at radius 2 is 1.12 bits per heavy atom. The summed E-state index contributed by atoms with van der Waals surface area (Å²) < 4.78 is 70.5. The van der Waals surface area contributed by atoms with E-state index in [1.807, 2.05) is 0 Å². The number of hydrogen-bond acceptors (Lipinski definition) is 3. The molecular weight excluding hydrogens is 340 g/mol. The zero-order valence-corrected chi connectivity index (χ0v) is 12.0. The van der Waals surface area contributed by atoms with Gasteiger partial charge < -0.3 is 15.6 Å². The van der Waals surface area contributed by atoms with E-state index >= 15 is 0 Å². The number of rotatable bonds is 2. The normalized spacial score (nSPS) is 11.4. The van der Waals surface area contributed by atoms with E-state index in [9.17, 15) is 26.3 Å². The summed E-state index contributed by atoms with van der Waals surface area (Å²) >= 11 is 0. The molecule has 2 aromatic rings. The van der Waals surface area contributed by atoms with Crippen molar-refractivity contribution in [3.63, 3.8) is 0 Å². The summed E-state index contributed by atoms with van der Waals surface area (Å²) in [6.07, 6.45) is -13.0. The molecule has 132 valence electrons. The fourth-order valence-corrected chi connectivity index (χ4v) is 1.41. The Labute approximate surface area is 133 Å². The van der Waals surface area contributed by atoms with Gasteiger partial charge in [0.1, 0.15) is 23.7 Å². The molecule has 9 heteroatoms. The maximum Gasteiger partial charge on any atom is 0.397 e. The van der Waals surface area contributed by atoms with Gasteiger partial charge in [0.25, 0.3) is 0 Å². The van der Waals surface area contributed by atoms with Crippen molar-refractivity contribution in [1.29, 1.82) is 0 Å². The van der Waals surface area contributed by atoms with Crippen molar-refractivity contribution >= 4 is 5.69 Å². The van der Waals surface area contributed by atoms with Gasteiger partial charge in [-0.25, -0.2) is 0 Å². The van der Waals surface area contributed by atoms with Crippen LogP contribution < -0.4 is 10.5 Å². The predicted octanol–water partition coefficient (Wildman–Crippen LogP) is 5.27. The van der Waals surface area contributed by atoms with Crippen molar-refractivity contribution in [1.82, 2.24) is 0 Å². The second kappa shape index (κ2) is 7.80. The smallest absolute Gasteiger partial charge is 0.397 e. The van der Waals surface area contributed by atoms with E-state index in [2.05, 4.69) is 0 Å². The molecule has 24 heavy (non-hydrogen) atoms. The van der Waals surface area contributed by atoms with Gasteiger partial charge in [0, 0.05) is 5.69 Å². The van der Waals surface area contributed by atoms with Crippen LogP contribution in [0.3, 0.4) is 0 Å². The Kier molecular flexibility index (Phi) is 6.33. The van der Waals surface area contributed by atoms with E-state index in [0.717, 1.165) is 5.75 Å². The Balaban J connectivity index is 0.000000277. The number of ether oxygens (including phenoxy) is 1. The molecule has 3 N–H and O–H groups in total. The molecule has 2 aromatic carbocycles. The number of hydrogen-bond donors (Lipinski definition) is 2. The number of alkyl halides is 6. The zero-order chi connectivity index (χ0) is 18.4. The highest BCUT2D eigenvalue weighted by Gasteiger charge is 2.43. The maximum atomic E-state index is 10.8. The number of aromatic hydroxyl groups is 1. The lowest BCUT2D eigenvalue weighted by atomic mass is 10.3. The third kappa shape index (κ3) is 8.76. The van der Waals surface area contributed by atoms with Crippen molar-refractivity contribution in [2.75, 3.05) is 5.73 Å². The summed E-state index contributed by atoms with van der Waals surface area (Å²) in [4.78, 5) is 0. The Morgan fingerprint density at radius 3 is 1.46 bits per heavy atom. The molecule has 0 amide bonds. The number of anilines is 1. The highest BCUT2D eigenvalue weighted by atomic mass is 19.4. The van der Waals surface area contributed by atoms with Crippen LogP contribution >= 0.6 is 0 Å². The molecule has 3 nitrogen and oxygen atoms in total. The summed E-state index contributed by atoms with van der Waals surface area (Å²) in [5.74, 6) is 1.62. The van der Waals surface area contributed by atoms with Crippen LogP contribution in [0.25, 0.3) is 0 Å². The number of nitrogens with two attached hydrogens (primary N) is 1. The third-order valence-electron chi connectivity index (χ3n) is 2.35. The first-order valence-electron chi connectivity index (χ1n) is 6.40. The first-order chi connectivity index (χ1) is 10.9. The van der Waals surface area contributed by atoms with Gasteiger partial charge in [-0.2, -0.15) is 26.3 Å². The fraction of sp³-hybridized carbons (Fsp3) is 0.200. The number of benzene rings is 2. The van der Waals surface area contributed by atoms with E-state index < -0.39 is 18.8 Å². The van der Waals surface area contributed by atoms with Gasteiger partial charge in [-0.05, 0) is 48.5 Å². The Hall–Kier alpha value is -2.58. The average Bonchev–Trinajstić information content (AvgIpc) is 2.40. The van der Waals surface area contributed by atoms with Crippen molar-refractivity contribution in [3.05, 3.63) is 48.5 Å². The largest absolute Gasteiger partial charge is 0.508 e. The predicted molar refractivity (Wildman–Crippen MR) is 75.8 cm³/mol. The van der Waals surface area contributed by atoms with Gasteiger partial charge in [-0.15, -0.1) is 0 Å². The van der Waals surface area contributed by atoms with Crippen LogP contribution in [0.4, 0.5) is 32.0 Å². The SMILES string of the molecule is FC(F)(F)CC(F)(F)F.Nc1ccc(Oc2ccc(O)cc2)cc1. The minimum absolute atomic E-state index is 0.222. The molecule has 2 rings (SSSR count). The molecule has 0 atom stereocenters. The highest BCUT2D eigenvalue weighted by molar-refractivity contribution is 5.43. The molecule has 0 radical (unpaired) electrons. The summed E-state index contributed by atoms with van der Waals surface area (Å²) in [5.41, 5.74) is 6.25. The van der Waals surface area contributed by atoms with Gasteiger partial charge >= 0.3 is 12.4 Å². The van der Waals surface area contributed by atoms with Crippen molar-refractivity contribution in [2.24, 2.45) is 0 Å². The van der Waals surface area contributed by atoms with Crippen LogP contribution in [0, 0.1) is 0 Å². The summed E-state index contributed by atoms with van der Waals surface area (Å²) in [7, 11) is 0. The minimum atomic E-state index is -5.14. The highest BCUT2D eigenvalue weighted by Crippen LogP contribution is 2.31. The van der Waals surface area contributed by atoms with Gasteiger partial charge in [0.15, 0.2) is 0 Å². The number of phenols is 1. The van der Waals surface area contributed by atoms with E-state index in [0.29, 0.717) is 11.4 Å². The quantitative estimate of drug-likeness (QED) is 0.571. The van der Waals surface area contributed by atoms with Gasteiger partial charge in [0.05, 0.1) is 0 Å². The van der Waals surface area contributed by atoms with Crippen molar-refractivity contribution in [2.45, 2.75) is 18.8 Å². The molecule has 0 bridgehead atoms. The summed E-state index contributed by atoms with van der Waals surface area (Å²) in [5, 5.41) is 9.09. The fourth-order valence-electron chi connectivity index (χ4n) is 1.41. The van der Waals surface area contributed by atoms with Crippen LogP contribution in [0.15, 0.2) is 48.5 Å². The molecule has 0 aliphatic rings. The second-order valence-corrected chi connectivity index (χ2v) is 4.57. The minimum Gasteiger partial charge on any atom is -0.508 e. The van der Waals surface area contributed by atoms with E-state index in [-0.39, 0.29) is 5.75 Å². The molecule has 0 spiro atoms. The molecule has 0 aliphatic heterocycles. The lowest BCUT2D eigenvalue weighted by Gasteiger charge is -2.08. The lowest BCUT2D eigenvalue weighted by molar-refractivity contribution is -0.232. The van der Waals surface area contributed by atoms with E-state index in [1.54, 1.807) is 48.5 Å².